The van der Waals surface area contributed by atoms with Crippen molar-refractivity contribution in [2.24, 2.45) is 0 Å². The quantitative estimate of drug-likeness (QED) is 0.599. The van der Waals surface area contributed by atoms with Gasteiger partial charge in [0, 0.05) is 23.0 Å². The summed E-state index contributed by atoms with van der Waals surface area (Å²) < 4.78 is 39.7. The second-order valence-electron chi connectivity index (χ2n) is 7.40. The molecule has 5 heteroatoms. The molecule has 0 bridgehead atoms. The Bertz CT molecular complexity index is 973. The van der Waals surface area contributed by atoms with Gasteiger partial charge in [0.15, 0.2) is 0 Å². The Morgan fingerprint density at radius 2 is 2.03 bits per heavy atom. The average Bonchev–Trinajstić information content (AvgIpc) is 2.88. The fraction of sp³-hybridized carbons (Fsp3) is 0.208. The van der Waals surface area contributed by atoms with Gasteiger partial charge in [-0.15, -0.1) is 0 Å². The molecular weight excluding hydrogens is 373 g/mol. The molecule has 0 aliphatic heterocycles. The maximum absolute atomic E-state index is 14.1. The minimum atomic E-state index is -1.71. The van der Waals surface area contributed by atoms with Crippen molar-refractivity contribution in [3.05, 3.63) is 102 Å². The molecule has 29 heavy (non-hydrogen) atoms. The first kappa shape index (κ1) is 20.6. The van der Waals surface area contributed by atoms with E-state index in [-0.39, 0.29) is 12.2 Å². The molecule has 3 rings (SSSR count). The molecule has 2 aromatic rings. The number of fused-ring (bicyclic) bond motifs is 1. The predicted octanol–water partition coefficient (Wildman–Crippen LogP) is 6.24. The highest BCUT2D eigenvalue weighted by Crippen LogP contribution is 2.27. The van der Waals surface area contributed by atoms with E-state index in [0.717, 1.165) is 17.2 Å². The summed E-state index contributed by atoms with van der Waals surface area (Å²) in [4.78, 5) is 4.25. The van der Waals surface area contributed by atoms with Crippen LogP contribution in [-0.4, -0.2) is 10.5 Å². The Hall–Kier alpha value is -3.08. The summed E-state index contributed by atoms with van der Waals surface area (Å²) >= 11 is 0. The number of allylic oxidation sites excluding steroid dienone is 3. The Morgan fingerprint density at radius 3 is 2.76 bits per heavy atom. The third-order valence-corrected chi connectivity index (χ3v) is 4.85. The lowest BCUT2D eigenvalue weighted by Gasteiger charge is -2.32. The van der Waals surface area contributed by atoms with Crippen molar-refractivity contribution in [1.82, 2.24) is 10.3 Å². The monoisotopic (exact) mass is 396 g/mol. The van der Waals surface area contributed by atoms with E-state index < -0.39 is 11.6 Å². The number of aromatic nitrogens is 1. The maximum atomic E-state index is 14.1. The molecule has 1 aromatic carbocycles. The molecule has 150 valence electrons. The smallest absolute Gasteiger partial charge is 0.266 e. The summed E-state index contributed by atoms with van der Waals surface area (Å²) in [5, 5.41) is 3.31. The summed E-state index contributed by atoms with van der Waals surface area (Å²) in [6, 6.07) is 11.5. The third-order valence-electron chi connectivity index (χ3n) is 4.85. The summed E-state index contributed by atoms with van der Waals surface area (Å²) in [7, 11) is 0. The summed E-state index contributed by atoms with van der Waals surface area (Å²) in [5.74, 6) is -0.378. The second kappa shape index (κ2) is 8.95. The van der Waals surface area contributed by atoms with Crippen LogP contribution >= 0.6 is 0 Å². The lowest BCUT2D eigenvalue weighted by Crippen LogP contribution is -2.42. The first-order chi connectivity index (χ1) is 13.9. The molecule has 1 aromatic heterocycles. The van der Waals surface area contributed by atoms with E-state index >= 15 is 0 Å². The molecule has 1 atom stereocenters. The van der Waals surface area contributed by atoms with Gasteiger partial charge >= 0.3 is 0 Å². The Kier molecular flexibility index (Phi) is 6.37. The molecular formula is C24H23F3N2. The molecule has 0 amide bonds. The molecule has 1 aliphatic carbocycles. The van der Waals surface area contributed by atoms with E-state index in [1.807, 2.05) is 49.4 Å². The minimum absolute atomic E-state index is 0.127. The summed E-state index contributed by atoms with van der Waals surface area (Å²) in [5.41, 5.74) is 2.69. The molecule has 0 radical (unpaired) electrons. The van der Waals surface area contributed by atoms with E-state index in [0.29, 0.717) is 29.8 Å². The van der Waals surface area contributed by atoms with Crippen LogP contribution in [0, 0.1) is 0 Å². The number of nitrogens with zero attached hydrogens (tertiary/aromatic N) is 1. The van der Waals surface area contributed by atoms with Crippen LogP contribution in [0.15, 0.2) is 79.6 Å². The fourth-order valence-corrected chi connectivity index (χ4v) is 3.43. The number of pyridine rings is 1. The first-order valence-electron chi connectivity index (χ1n) is 9.40. The fourth-order valence-electron chi connectivity index (χ4n) is 3.43. The lowest BCUT2D eigenvalue weighted by atomic mass is 9.88. The lowest BCUT2D eigenvalue weighted by molar-refractivity contribution is 0.381. The number of hydrogen-bond acceptors (Lipinski definition) is 2. The normalized spacial score (nSPS) is 14.8. The van der Waals surface area contributed by atoms with Gasteiger partial charge in [0.25, 0.3) is 6.08 Å². The molecule has 1 N–H and O–H groups in total. The molecule has 0 saturated heterocycles. The highest BCUT2D eigenvalue weighted by atomic mass is 19.3. The van der Waals surface area contributed by atoms with Gasteiger partial charge in [-0.2, -0.15) is 8.78 Å². The standard InChI is InChI=1S/C24H23F3N2/c1-17(20-14-19-10-6-7-11-21(25)23(19)28-16-20)29-24(2,13-12-22(26)27)15-18-8-4-3-5-9-18/h3-9,11-12,14,16,29H,1,10,13,15H2,2H3. The van der Waals surface area contributed by atoms with Crippen molar-refractivity contribution >= 4 is 11.5 Å². The van der Waals surface area contributed by atoms with Gasteiger partial charge in [-0.25, -0.2) is 4.39 Å². The van der Waals surface area contributed by atoms with Crippen LogP contribution < -0.4 is 5.32 Å². The van der Waals surface area contributed by atoms with E-state index in [9.17, 15) is 13.2 Å². The van der Waals surface area contributed by atoms with Gasteiger partial charge < -0.3 is 5.32 Å². The van der Waals surface area contributed by atoms with Gasteiger partial charge in [0.1, 0.15) is 11.5 Å². The Balaban J connectivity index is 1.84. The Labute approximate surface area is 169 Å². The van der Waals surface area contributed by atoms with Crippen molar-refractivity contribution in [2.75, 3.05) is 0 Å². The van der Waals surface area contributed by atoms with Gasteiger partial charge in [-0.3, -0.25) is 4.98 Å². The SMILES string of the molecule is C=C(NC(C)(CC=C(F)F)Cc1ccccc1)c1cnc2c(c1)CC=CC=C2F. The number of nitrogens with one attached hydrogen (secondary N) is 1. The van der Waals surface area contributed by atoms with Crippen molar-refractivity contribution < 1.29 is 13.2 Å². The van der Waals surface area contributed by atoms with E-state index in [4.69, 9.17) is 0 Å². The van der Waals surface area contributed by atoms with Crippen LogP contribution in [0.3, 0.4) is 0 Å². The highest BCUT2D eigenvalue weighted by molar-refractivity contribution is 5.67. The zero-order valence-corrected chi connectivity index (χ0v) is 16.3. The van der Waals surface area contributed by atoms with Gasteiger partial charge in [0.2, 0.25) is 0 Å². The largest absolute Gasteiger partial charge is 0.379 e. The van der Waals surface area contributed by atoms with Gasteiger partial charge in [-0.05, 0) is 55.5 Å². The molecule has 0 fully saturated rings. The topological polar surface area (TPSA) is 24.9 Å². The number of halogens is 3. The zero-order chi connectivity index (χ0) is 20.9. The minimum Gasteiger partial charge on any atom is -0.379 e. The summed E-state index contributed by atoms with van der Waals surface area (Å²) in [6.07, 6.45) is 6.91. The maximum Gasteiger partial charge on any atom is 0.266 e. The van der Waals surface area contributed by atoms with Crippen molar-refractivity contribution in [2.45, 2.75) is 31.7 Å². The van der Waals surface area contributed by atoms with Crippen LogP contribution in [0.2, 0.25) is 0 Å². The Morgan fingerprint density at radius 1 is 1.28 bits per heavy atom. The third kappa shape index (κ3) is 5.47. The van der Waals surface area contributed by atoms with Crippen molar-refractivity contribution in [3.63, 3.8) is 0 Å². The number of hydrogen-bond donors (Lipinski definition) is 1. The van der Waals surface area contributed by atoms with Crippen LogP contribution in [0.4, 0.5) is 13.2 Å². The molecule has 0 saturated carbocycles. The van der Waals surface area contributed by atoms with Crippen LogP contribution in [0.5, 0.6) is 0 Å². The van der Waals surface area contributed by atoms with E-state index in [1.165, 1.54) is 6.08 Å². The number of benzene rings is 1. The molecule has 1 heterocycles. The van der Waals surface area contributed by atoms with Crippen LogP contribution in [-0.2, 0) is 12.8 Å². The van der Waals surface area contributed by atoms with Crippen molar-refractivity contribution in [3.8, 4) is 0 Å². The van der Waals surface area contributed by atoms with Crippen LogP contribution in [0.25, 0.3) is 11.5 Å². The van der Waals surface area contributed by atoms with E-state index in [2.05, 4.69) is 16.9 Å². The molecule has 2 nitrogen and oxygen atoms in total. The predicted molar refractivity (Wildman–Crippen MR) is 112 cm³/mol. The summed E-state index contributed by atoms with van der Waals surface area (Å²) in [6.45, 7) is 5.97. The number of rotatable bonds is 7. The van der Waals surface area contributed by atoms with Crippen molar-refractivity contribution in [1.29, 1.82) is 0 Å². The molecule has 1 unspecified atom stereocenters. The van der Waals surface area contributed by atoms with Gasteiger partial charge in [0.05, 0.1) is 0 Å². The van der Waals surface area contributed by atoms with E-state index in [1.54, 1.807) is 12.3 Å². The zero-order valence-electron chi connectivity index (χ0n) is 16.3. The second-order valence-corrected chi connectivity index (χ2v) is 7.40. The van der Waals surface area contributed by atoms with Crippen LogP contribution in [0.1, 0.15) is 35.7 Å². The average molecular weight is 396 g/mol. The van der Waals surface area contributed by atoms with Gasteiger partial charge in [-0.1, -0.05) is 49.1 Å². The molecule has 1 aliphatic rings. The first-order valence-corrected chi connectivity index (χ1v) is 9.40. The molecule has 0 spiro atoms. The highest BCUT2D eigenvalue weighted by Gasteiger charge is 2.25.